The van der Waals surface area contributed by atoms with Crippen LogP contribution in [0.25, 0.3) is 0 Å². The maximum absolute atomic E-state index is 12.5. The lowest BCUT2D eigenvalue weighted by atomic mass is 10.1. The summed E-state index contributed by atoms with van der Waals surface area (Å²) in [5.74, 6) is 5.09. The lowest BCUT2D eigenvalue weighted by Crippen LogP contribution is -2.27. The average Bonchev–Trinajstić information content (AvgIpc) is 2.10. The first-order valence-electron chi connectivity index (χ1n) is 3.99. The van der Waals surface area contributed by atoms with Crippen molar-refractivity contribution in [3.05, 3.63) is 35.6 Å². The van der Waals surface area contributed by atoms with Gasteiger partial charge in [0.05, 0.1) is 0 Å². The Morgan fingerprint density at radius 2 is 2.00 bits per heavy atom. The minimum absolute atomic E-state index is 0.116. The number of halogens is 1. The van der Waals surface area contributed by atoms with Gasteiger partial charge in [0.1, 0.15) is 5.82 Å². The van der Waals surface area contributed by atoms with E-state index in [2.05, 4.69) is 5.43 Å². The Hall–Kier alpha value is -0.930. The number of rotatable bonds is 3. The van der Waals surface area contributed by atoms with Gasteiger partial charge in [-0.3, -0.25) is 11.3 Å². The van der Waals surface area contributed by atoms with E-state index in [1.165, 1.54) is 12.1 Å². The smallest absolute Gasteiger partial charge is 0.123 e. The Kier molecular flexibility index (Phi) is 3.19. The van der Waals surface area contributed by atoms with E-state index in [1.807, 2.05) is 6.92 Å². The first-order valence-corrected chi connectivity index (χ1v) is 3.99. The Morgan fingerprint density at radius 1 is 1.42 bits per heavy atom. The second kappa shape index (κ2) is 4.18. The topological polar surface area (TPSA) is 38.0 Å². The summed E-state index contributed by atoms with van der Waals surface area (Å²) in [5.41, 5.74) is 3.68. The van der Waals surface area contributed by atoms with Gasteiger partial charge in [-0.1, -0.05) is 19.1 Å². The largest absolute Gasteiger partial charge is 0.271 e. The molecule has 1 rings (SSSR count). The fourth-order valence-electron chi connectivity index (χ4n) is 1.14. The van der Waals surface area contributed by atoms with Crippen LogP contribution >= 0.6 is 0 Å². The van der Waals surface area contributed by atoms with Crippen molar-refractivity contribution in [3.63, 3.8) is 0 Å². The fraction of sp³-hybridized carbons (Fsp3) is 0.333. The molecule has 0 heterocycles. The highest BCUT2D eigenvalue weighted by Gasteiger charge is 2.05. The zero-order valence-corrected chi connectivity index (χ0v) is 7.05. The number of hydrogen-bond acceptors (Lipinski definition) is 2. The maximum Gasteiger partial charge on any atom is 0.123 e. The molecule has 1 aromatic carbocycles. The maximum atomic E-state index is 12.5. The van der Waals surface area contributed by atoms with Gasteiger partial charge in [0.15, 0.2) is 0 Å². The number of hydrazine groups is 1. The standard InChI is InChI=1S/C9H13FN2/c1-2-9(12-11)7-3-5-8(10)6-4-7/h3-6,9,12H,2,11H2,1H3. The first kappa shape index (κ1) is 9.16. The van der Waals surface area contributed by atoms with Crippen LogP contribution in [0, 0.1) is 5.82 Å². The molecule has 0 saturated heterocycles. The van der Waals surface area contributed by atoms with Crippen molar-refractivity contribution >= 4 is 0 Å². The molecule has 0 spiro atoms. The Balaban J connectivity index is 2.80. The van der Waals surface area contributed by atoms with Gasteiger partial charge in [-0.2, -0.15) is 0 Å². The second-order valence-corrected chi connectivity index (χ2v) is 2.68. The molecule has 0 aliphatic rings. The summed E-state index contributed by atoms with van der Waals surface area (Å²) in [6, 6.07) is 6.47. The summed E-state index contributed by atoms with van der Waals surface area (Å²) in [5, 5.41) is 0. The third kappa shape index (κ3) is 2.03. The van der Waals surface area contributed by atoms with E-state index < -0.39 is 0 Å². The monoisotopic (exact) mass is 168 g/mol. The van der Waals surface area contributed by atoms with Gasteiger partial charge in [-0.05, 0) is 24.1 Å². The number of nitrogens with one attached hydrogen (secondary N) is 1. The zero-order chi connectivity index (χ0) is 8.97. The average molecular weight is 168 g/mol. The minimum Gasteiger partial charge on any atom is -0.271 e. The second-order valence-electron chi connectivity index (χ2n) is 2.68. The Morgan fingerprint density at radius 3 is 2.42 bits per heavy atom. The van der Waals surface area contributed by atoms with Crippen molar-refractivity contribution < 1.29 is 4.39 Å². The van der Waals surface area contributed by atoms with Gasteiger partial charge < -0.3 is 0 Å². The van der Waals surface area contributed by atoms with Crippen LogP contribution in [0.4, 0.5) is 4.39 Å². The molecule has 0 bridgehead atoms. The quantitative estimate of drug-likeness (QED) is 0.533. The van der Waals surface area contributed by atoms with Crippen molar-refractivity contribution in [2.75, 3.05) is 0 Å². The zero-order valence-electron chi connectivity index (χ0n) is 7.05. The lowest BCUT2D eigenvalue weighted by Gasteiger charge is -2.13. The van der Waals surface area contributed by atoms with Gasteiger partial charge in [-0.15, -0.1) is 0 Å². The molecular weight excluding hydrogens is 155 g/mol. The molecule has 0 saturated carbocycles. The number of nitrogens with two attached hydrogens (primary N) is 1. The van der Waals surface area contributed by atoms with Gasteiger partial charge >= 0.3 is 0 Å². The first-order chi connectivity index (χ1) is 5.77. The molecule has 0 aliphatic carbocycles. The predicted octanol–water partition coefficient (Wildman–Crippen LogP) is 1.74. The molecule has 0 aromatic heterocycles. The van der Waals surface area contributed by atoms with Gasteiger partial charge in [0.2, 0.25) is 0 Å². The third-order valence-corrected chi connectivity index (χ3v) is 1.88. The van der Waals surface area contributed by atoms with Gasteiger partial charge in [0.25, 0.3) is 0 Å². The van der Waals surface area contributed by atoms with E-state index >= 15 is 0 Å². The Bertz CT molecular complexity index is 229. The summed E-state index contributed by atoms with van der Waals surface area (Å²) >= 11 is 0. The number of benzene rings is 1. The van der Waals surface area contributed by atoms with Gasteiger partial charge in [0, 0.05) is 6.04 Å². The Labute approximate surface area is 71.6 Å². The van der Waals surface area contributed by atoms with Crippen molar-refractivity contribution in [2.45, 2.75) is 19.4 Å². The molecule has 1 unspecified atom stereocenters. The van der Waals surface area contributed by atoms with Crippen molar-refractivity contribution in [1.82, 2.24) is 5.43 Å². The molecule has 3 heteroatoms. The third-order valence-electron chi connectivity index (χ3n) is 1.88. The molecule has 2 nitrogen and oxygen atoms in total. The van der Waals surface area contributed by atoms with Crippen LogP contribution in [0.3, 0.4) is 0 Å². The van der Waals surface area contributed by atoms with E-state index in [0.29, 0.717) is 0 Å². The van der Waals surface area contributed by atoms with Crippen LogP contribution in [0.2, 0.25) is 0 Å². The van der Waals surface area contributed by atoms with E-state index in [1.54, 1.807) is 12.1 Å². The van der Waals surface area contributed by atoms with Crippen LogP contribution in [0.1, 0.15) is 24.9 Å². The number of hydrogen-bond donors (Lipinski definition) is 2. The SMILES string of the molecule is CCC(NN)c1ccc(F)cc1. The molecule has 0 fully saturated rings. The van der Waals surface area contributed by atoms with E-state index in [-0.39, 0.29) is 11.9 Å². The molecule has 0 radical (unpaired) electrons. The van der Waals surface area contributed by atoms with E-state index in [4.69, 9.17) is 5.84 Å². The van der Waals surface area contributed by atoms with E-state index in [9.17, 15) is 4.39 Å². The normalized spacial score (nSPS) is 12.9. The molecule has 0 aliphatic heterocycles. The van der Waals surface area contributed by atoms with Crippen LogP contribution in [-0.2, 0) is 0 Å². The highest BCUT2D eigenvalue weighted by molar-refractivity contribution is 5.19. The molecule has 12 heavy (non-hydrogen) atoms. The molecule has 0 amide bonds. The van der Waals surface area contributed by atoms with Crippen molar-refractivity contribution in [2.24, 2.45) is 5.84 Å². The van der Waals surface area contributed by atoms with Crippen LogP contribution in [0.5, 0.6) is 0 Å². The highest BCUT2D eigenvalue weighted by Crippen LogP contribution is 2.15. The van der Waals surface area contributed by atoms with Crippen LogP contribution < -0.4 is 11.3 Å². The van der Waals surface area contributed by atoms with Crippen molar-refractivity contribution in [3.8, 4) is 0 Å². The summed E-state index contributed by atoms with van der Waals surface area (Å²) in [6.45, 7) is 2.02. The summed E-state index contributed by atoms with van der Waals surface area (Å²) in [6.07, 6.45) is 0.891. The lowest BCUT2D eigenvalue weighted by molar-refractivity contribution is 0.537. The highest BCUT2D eigenvalue weighted by atomic mass is 19.1. The van der Waals surface area contributed by atoms with Crippen LogP contribution in [0.15, 0.2) is 24.3 Å². The van der Waals surface area contributed by atoms with Crippen molar-refractivity contribution in [1.29, 1.82) is 0 Å². The summed E-state index contributed by atoms with van der Waals surface area (Å²) in [4.78, 5) is 0. The predicted molar refractivity (Wildman–Crippen MR) is 46.8 cm³/mol. The molecular formula is C9H13FN2. The van der Waals surface area contributed by atoms with E-state index in [0.717, 1.165) is 12.0 Å². The molecule has 1 aromatic rings. The summed E-state index contributed by atoms with van der Waals surface area (Å²) < 4.78 is 12.5. The van der Waals surface area contributed by atoms with Crippen LogP contribution in [-0.4, -0.2) is 0 Å². The molecule has 1 atom stereocenters. The minimum atomic E-state index is -0.217. The molecule has 66 valence electrons. The fourth-order valence-corrected chi connectivity index (χ4v) is 1.14. The van der Waals surface area contributed by atoms with Gasteiger partial charge in [-0.25, -0.2) is 4.39 Å². The summed E-state index contributed by atoms with van der Waals surface area (Å²) in [7, 11) is 0. The molecule has 3 N–H and O–H groups in total.